The molecule has 0 saturated carbocycles. The van der Waals surface area contributed by atoms with E-state index in [0.29, 0.717) is 18.4 Å². The Morgan fingerprint density at radius 2 is 1.82 bits per heavy atom. The molecule has 13 heteroatoms. The summed E-state index contributed by atoms with van der Waals surface area (Å²) < 4.78 is 42.4. The first-order valence-electron chi connectivity index (χ1n) is 10.1. The van der Waals surface area contributed by atoms with Gasteiger partial charge in [-0.3, -0.25) is 9.59 Å². The summed E-state index contributed by atoms with van der Waals surface area (Å²) in [6, 6.07) is 4.11. The van der Waals surface area contributed by atoms with Crippen LogP contribution in [-0.2, 0) is 15.8 Å². The van der Waals surface area contributed by atoms with E-state index in [1.165, 1.54) is 18.2 Å². The number of nitrogen functional groups attached to an aromatic ring is 1. The number of anilines is 1. The molecule has 1 atom stereocenters. The van der Waals surface area contributed by atoms with Crippen molar-refractivity contribution in [2.24, 2.45) is 5.41 Å². The zero-order valence-electron chi connectivity index (χ0n) is 18.6. The number of benzene rings is 1. The van der Waals surface area contributed by atoms with Crippen LogP contribution in [0.4, 0.5) is 18.9 Å². The Kier molecular flexibility index (Phi) is 10.9. The number of carbonyl (C=O) groups is 2. The van der Waals surface area contributed by atoms with Crippen molar-refractivity contribution in [2.45, 2.75) is 32.5 Å². The van der Waals surface area contributed by atoms with E-state index < -0.39 is 34.8 Å². The van der Waals surface area contributed by atoms with Gasteiger partial charge in [-0.1, -0.05) is 13.8 Å². The van der Waals surface area contributed by atoms with Crippen LogP contribution in [0.5, 0.6) is 0 Å². The minimum atomic E-state index is -4.59. The lowest BCUT2D eigenvalue weighted by Crippen LogP contribution is -2.46. The van der Waals surface area contributed by atoms with Crippen LogP contribution in [0, 0.1) is 5.41 Å². The molecule has 0 bridgehead atoms. The quantitative estimate of drug-likeness (QED) is 0.179. The van der Waals surface area contributed by atoms with Crippen LogP contribution in [0.25, 0.3) is 11.0 Å². The van der Waals surface area contributed by atoms with Gasteiger partial charge in [0.15, 0.2) is 0 Å². The Morgan fingerprint density at radius 3 is 2.38 bits per heavy atom. The molecule has 0 fully saturated rings. The van der Waals surface area contributed by atoms with Crippen LogP contribution in [0.2, 0.25) is 0 Å². The van der Waals surface area contributed by atoms with Crippen molar-refractivity contribution in [1.82, 2.24) is 10.6 Å². The van der Waals surface area contributed by atoms with Crippen LogP contribution in [0.1, 0.15) is 25.8 Å². The second-order valence-electron chi connectivity index (χ2n) is 7.90. The zero-order valence-corrected chi connectivity index (χ0v) is 19.5. The molecule has 0 aliphatic carbocycles. The third-order valence-corrected chi connectivity index (χ3v) is 4.78. The van der Waals surface area contributed by atoms with Crippen molar-refractivity contribution in [1.29, 1.82) is 0 Å². The van der Waals surface area contributed by atoms with Crippen LogP contribution in [0.3, 0.4) is 0 Å². The van der Waals surface area contributed by atoms with E-state index >= 15 is 0 Å². The average Bonchev–Trinajstić information content (AvgIpc) is 2.75. The molecule has 2 amide bonds. The van der Waals surface area contributed by atoms with Crippen molar-refractivity contribution < 1.29 is 37.4 Å². The number of fused-ring (bicyclic) bond motifs is 1. The molecule has 2 rings (SSSR count). The first-order chi connectivity index (χ1) is 15.7. The van der Waals surface area contributed by atoms with Crippen molar-refractivity contribution in [3.63, 3.8) is 0 Å². The monoisotopic (exact) mass is 507 g/mol. The van der Waals surface area contributed by atoms with Crippen molar-refractivity contribution in [3.8, 4) is 0 Å². The number of alkyl halides is 3. The van der Waals surface area contributed by atoms with Gasteiger partial charge >= 0.3 is 11.8 Å². The number of carbonyl (C=O) groups excluding carboxylic acids is 2. The summed E-state index contributed by atoms with van der Waals surface area (Å²) in [5.41, 5.74) is 2.48. The molecule has 6 N–H and O–H groups in total. The number of hydrogen-bond acceptors (Lipinski definition) is 8. The summed E-state index contributed by atoms with van der Waals surface area (Å²) >= 11 is 3.95. The van der Waals surface area contributed by atoms with Crippen LogP contribution >= 0.6 is 12.6 Å². The van der Waals surface area contributed by atoms with E-state index in [0.717, 1.165) is 0 Å². The maximum atomic E-state index is 12.6. The summed E-state index contributed by atoms with van der Waals surface area (Å²) in [7, 11) is 0. The van der Waals surface area contributed by atoms with Crippen LogP contribution in [-0.4, -0.2) is 53.6 Å². The molecule has 9 nitrogen and oxygen atoms in total. The number of amides is 2. The highest BCUT2D eigenvalue weighted by Gasteiger charge is 2.34. The van der Waals surface area contributed by atoms with Gasteiger partial charge in [-0.05, 0) is 12.1 Å². The molecule has 190 valence electrons. The normalized spacial score (nSPS) is 12.5. The highest BCUT2D eigenvalue weighted by molar-refractivity contribution is 7.80. The Hall–Kier alpha value is -2.77. The molecular formula is C21H28F3N3O6S. The second kappa shape index (κ2) is 12.6. The highest BCUT2D eigenvalue weighted by atomic mass is 32.1. The summed E-state index contributed by atoms with van der Waals surface area (Å²) in [5.74, 6) is -0.210. The molecule has 0 spiro atoms. The number of aliphatic hydroxyl groups is 2. The lowest BCUT2D eigenvalue weighted by atomic mass is 9.87. The minimum Gasteiger partial charge on any atom is -0.423 e. The Balaban J connectivity index is 0.000000341. The maximum absolute atomic E-state index is 12.6. The van der Waals surface area contributed by atoms with E-state index in [4.69, 9.17) is 10.8 Å². The predicted molar refractivity (Wildman–Crippen MR) is 123 cm³/mol. The summed E-state index contributed by atoms with van der Waals surface area (Å²) in [4.78, 5) is 33.7. The fourth-order valence-corrected chi connectivity index (χ4v) is 2.65. The van der Waals surface area contributed by atoms with Crippen LogP contribution in [0.15, 0.2) is 33.5 Å². The molecule has 0 saturated heterocycles. The Bertz CT molecular complexity index is 1040. The Labute approximate surface area is 198 Å². The predicted octanol–water partition coefficient (Wildman–Crippen LogP) is 1.31. The van der Waals surface area contributed by atoms with E-state index in [2.05, 4.69) is 27.7 Å². The number of halogens is 3. The third-order valence-electron chi connectivity index (χ3n) is 4.56. The molecule has 1 aromatic carbocycles. The first kappa shape index (κ1) is 29.3. The van der Waals surface area contributed by atoms with Gasteiger partial charge < -0.3 is 31.0 Å². The van der Waals surface area contributed by atoms with Gasteiger partial charge in [0.05, 0.1) is 12.2 Å². The highest BCUT2D eigenvalue weighted by Crippen LogP contribution is 2.34. The fraction of sp³-hybridized carbons (Fsp3) is 0.476. The number of hydrogen-bond donors (Lipinski definition) is 6. The van der Waals surface area contributed by atoms with Crippen LogP contribution < -0.4 is 22.0 Å². The largest absolute Gasteiger partial charge is 0.423 e. The number of aliphatic hydroxyl groups excluding tert-OH is 2. The van der Waals surface area contributed by atoms with Gasteiger partial charge in [0.25, 0.3) is 0 Å². The summed E-state index contributed by atoms with van der Waals surface area (Å²) in [5, 5.41) is 23.6. The van der Waals surface area contributed by atoms with E-state index in [1.54, 1.807) is 13.8 Å². The SMILES string of the molecule is CC(C)(CO)C(O)C(=O)NCCC(=O)NCCS.Nc1ccc2c(C(F)(F)F)cc(=O)oc2c1. The van der Waals surface area contributed by atoms with E-state index in [-0.39, 0.29) is 42.1 Å². The van der Waals surface area contributed by atoms with Gasteiger partial charge in [-0.2, -0.15) is 25.8 Å². The number of rotatable bonds is 8. The molecule has 34 heavy (non-hydrogen) atoms. The lowest BCUT2D eigenvalue weighted by Gasteiger charge is -2.27. The molecule has 0 aliphatic heterocycles. The minimum absolute atomic E-state index is 0.145. The number of nitrogens with one attached hydrogen (secondary N) is 2. The molecular weight excluding hydrogens is 479 g/mol. The standard InChI is InChI=1S/C11H22N2O4S.C10H6F3NO2/c1-11(2,7-14)9(16)10(17)13-4-3-8(15)12-5-6-18;11-10(12,13)7-4-9(15)16-8-3-5(14)1-2-6(7)8/h9,14,16,18H,3-7H2,1-2H3,(H,12,15)(H,13,17);1-4H,14H2. The number of nitrogens with two attached hydrogens (primary N) is 1. The van der Waals surface area contributed by atoms with Gasteiger partial charge in [-0.15, -0.1) is 0 Å². The third kappa shape index (κ3) is 8.88. The lowest BCUT2D eigenvalue weighted by molar-refractivity contribution is -0.137. The average molecular weight is 508 g/mol. The molecule has 1 unspecified atom stereocenters. The molecule has 1 heterocycles. The number of thiol groups is 1. The first-order valence-corrected chi connectivity index (χ1v) is 10.7. The van der Waals surface area contributed by atoms with Gasteiger partial charge in [0, 0.05) is 53.9 Å². The molecule has 1 aromatic heterocycles. The van der Waals surface area contributed by atoms with Crippen molar-refractivity contribution in [3.05, 3.63) is 40.2 Å². The fourth-order valence-electron chi connectivity index (χ4n) is 2.53. The van der Waals surface area contributed by atoms with Crippen molar-refractivity contribution >= 4 is 41.1 Å². The van der Waals surface area contributed by atoms with Gasteiger partial charge in [-0.25, -0.2) is 4.79 Å². The van der Waals surface area contributed by atoms with E-state index in [9.17, 15) is 32.7 Å². The van der Waals surface area contributed by atoms with Crippen molar-refractivity contribution in [2.75, 3.05) is 31.2 Å². The summed E-state index contributed by atoms with van der Waals surface area (Å²) in [6.45, 7) is 3.49. The molecule has 0 aliphatic rings. The smallest absolute Gasteiger partial charge is 0.417 e. The zero-order chi connectivity index (χ0) is 26.1. The summed E-state index contributed by atoms with van der Waals surface area (Å²) in [6.07, 6.45) is -5.75. The van der Waals surface area contributed by atoms with E-state index in [1.807, 2.05) is 0 Å². The molecule has 0 radical (unpaired) electrons. The van der Waals surface area contributed by atoms with Gasteiger partial charge in [0.2, 0.25) is 11.8 Å². The topological polar surface area (TPSA) is 155 Å². The molecule has 2 aromatic rings. The maximum Gasteiger partial charge on any atom is 0.417 e. The Morgan fingerprint density at radius 1 is 1.18 bits per heavy atom. The van der Waals surface area contributed by atoms with Gasteiger partial charge in [0.1, 0.15) is 11.7 Å². The second-order valence-corrected chi connectivity index (χ2v) is 8.34.